The van der Waals surface area contributed by atoms with Crippen molar-refractivity contribution in [2.24, 2.45) is 5.92 Å². The first-order valence-electron chi connectivity index (χ1n) is 10.6. The molecule has 3 aromatic rings. The minimum Gasteiger partial charge on any atom is -0.711 e. The van der Waals surface area contributed by atoms with E-state index >= 15 is 0 Å². The van der Waals surface area contributed by atoms with Crippen LogP contribution in [-0.2, 0) is 16.1 Å². The maximum absolute atomic E-state index is 13.5. The largest absolute Gasteiger partial charge is 0.711 e. The Morgan fingerprint density at radius 1 is 1.00 bits per heavy atom. The van der Waals surface area contributed by atoms with E-state index in [0.29, 0.717) is 17.8 Å². The first kappa shape index (κ1) is 22.2. The van der Waals surface area contributed by atoms with Crippen molar-refractivity contribution in [2.45, 2.75) is 26.3 Å². The zero-order valence-corrected chi connectivity index (χ0v) is 18.9. The molecular formula is C24H25N5O4. The number of carbonyl (C=O) groups is 3. The van der Waals surface area contributed by atoms with Gasteiger partial charge in [0, 0.05) is 40.3 Å². The van der Waals surface area contributed by atoms with Crippen LogP contribution in [0.1, 0.15) is 34.3 Å². The molecule has 1 saturated heterocycles. The third-order valence-corrected chi connectivity index (χ3v) is 6.32. The first-order valence-corrected chi connectivity index (χ1v) is 10.6. The van der Waals surface area contributed by atoms with Crippen molar-refractivity contribution < 1.29 is 19.1 Å². The van der Waals surface area contributed by atoms with Gasteiger partial charge in [-0.3, -0.25) is 24.4 Å². The van der Waals surface area contributed by atoms with Crippen molar-refractivity contribution in [2.75, 3.05) is 14.1 Å². The second-order valence-electron chi connectivity index (χ2n) is 8.21. The third kappa shape index (κ3) is 3.65. The molecule has 1 atom stereocenters. The number of hydrogen-bond acceptors (Lipinski definition) is 5. The number of barbiturate groups is 1. The van der Waals surface area contributed by atoms with E-state index in [1.165, 1.54) is 14.1 Å². The Balaban J connectivity index is 1.95. The summed E-state index contributed by atoms with van der Waals surface area (Å²) in [6, 6.07) is 12.4. The molecule has 170 valence electrons. The summed E-state index contributed by atoms with van der Waals surface area (Å²) in [5.74, 6) is -3.28. The summed E-state index contributed by atoms with van der Waals surface area (Å²) in [5.41, 5.74) is 2.71. The molecular weight excluding hydrogens is 422 g/mol. The van der Waals surface area contributed by atoms with Crippen LogP contribution in [0, 0.1) is 25.0 Å². The number of amides is 4. The number of urea groups is 1. The van der Waals surface area contributed by atoms with E-state index in [0.717, 1.165) is 25.8 Å². The Kier molecular flexibility index (Phi) is 5.71. The van der Waals surface area contributed by atoms with Crippen LogP contribution in [0.15, 0.2) is 54.9 Å². The van der Waals surface area contributed by atoms with Crippen LogP contribution in [0.3, 0.4) is 0 Å². The highest BCUT2D eigenvalue weighted by molar-refractivity contribution is 6.16. The predicted octanol–water partition coefficient (Wildman–Crippen LogP) is 1.98. The maximum atomic E-state index is 13.5. The Hall–Kier alpha value is -4.01. The number of nitrogens with zero attached hydrogens (tertiary/aromatic N) is 5. The maximum Gasteiger partial charge on any atom is 0.332 e. The summed E-state index contributed by atoms with van der Waals surface area (Å²) in [5, 5.41) is 13.5. The van der Waals surface area contributed by atoms with Gasteiger partial charge >= 0.3 is 6.03 Å². The molecule has 1 fully saturated rings. The van der Waals surface area contributed by atoms with E-state index in [9.17, 15) is 19.6 Å². The minimum absolute atomic E-state index is 0.254. The van der Waals surface area contributed by atoms with Gasteiger partial charge in [-0.1, -0.05) is 36.4 Å². The molecule has 4 amide bonds. The van der Waals surface area contributed by atoms with Gasteiger partial charge in [0.05, 0.1) is 0 Å². The van der Waals surface area contributed by atoms with Gasteiger partial charge in [-0.25, -0.2) is 14.1 Å². The number of imide groups is 2. The van der Waals surface area contributed by atoms with Gasteiger partial charge in [0.25, 0.3) is 5.82 Å². The van der Waals surface area contributed by atoms with Crippen molar-refractivity contribution in [3.8, 4) is 0 Å². The lowest BCUT2D eigenvalue weighted by atomic mass is 9.82. The Morgan fingerprint density at radius 3 is 2.21 bits per heavy atom. The molecule has 1 aliphatic heterocycles. The Labute approximate surface area is 191 Å². The van der Waals surface area contributed by atoms with Gasteiger partial charge in [-0.05, 0) is 17.2 Å². The molecule has 9 nitrogen and oxygen atoms in total. The van der Waals surface area contributed by atoms with Gasteiger partial charge in [0.1, 0.15) is 29.8 Å². The van der Waals surface area contributed by atoms with E-state index < -0.39 is 29.7 Å². The molecule has 0 radical (unpaired) electrons. The second-order valence-corrected chi connectivity index (χ2v) is 8.21. The number of hydrogen-bond donors (Lipinski definition) is 0. The highest BCUT2D eigenvalue weighted by atomic mass is 16.5. The number of carbonyl (C=O) groups excluding carboxylic acids is 3. The second kappa shape index (κ2) is 8.50. The van der Waals surface area contributed by atoms with Crippen LogP contribution in [0.2, 0.25) is 0 Å². The van der Waals surface area contributed by atoms with Crippen LogP contribution in [0.4, 0.5) is 4.79 Å². The lowest BCUT2D eigenvalue weighted by molar-refractivity contribution is -0.621. The third-order valence-electron chi connectivity index (χ3n) is 6.32. The number of pyridine rings is 1. The molecule has 2 aromatic heterocycles. The predicted molar refractivity (Wildman–Crippen MR) is 119 cm³/mol. The van der Waals surface area contributed by atoms with Crippen LogP contribution < -0.4 is 4.73 Å². The van der Waals surface area contributed by atoms with Crippen molar-refractivity contribution in [1.82, 2.24) is 19.4 Å². The van der Waals surface area contributed by atoms with Gasteiger partial charge in [0.2, 0.25) is 11.8 Å². The van der Waals surface area contributed by atoms with Crippen molar-refractivity contribution in [1.29, 1.82) is 0 Å². The molecule has 0 bridgehead atoms. The molecule has 3 heterocycles. The molecule has 0 aliphatic carbocycles. The highest BCUT2D eigenvalue weighted by Crippen LogP contribution is 2.36. The van der Waals surface area contributed by atoms with Crippen molar-refractivity contribution >= 4 is 17.8 Å². The van der Waals surface area contributed by atoms with Gasteiger partial charge in [-0.15, -0.1) is 0 Å². The monoisotopic (exact) mass is 447 g/mol. The number of rotatable bonds is 5. The summed E-state index contributed by atoms with van der Waals surface area (Å²) in [7, 11) is 2.68. The molecule has 0 unspecified atom stereocenters. The van der Waals surface area contributed by atoms with Crippen molar-refractivity contribution in [3.05, 3.63) is 88.4 Å². The normalized spacial score (nSPS) is 15.9. The first-order chi connectivity index (χ1) is 15.7. The fourth-order valence-corrected chi connectivity index (χ4v) is 4.33. The average molecular weight is 447 g/mol. The molecule has 0 spiro atoms. The standard InChI is InChI=1S/C24H25N5O4/c1-15-16(2)29(33)21(28(15)14-17-9-6-5-7-10-17)19(18-11-8-12-25-13-18)20-22(30)26(3)24(32)27(4)23(20)31/h5-13,19-20H,14H2,1-4H3/t19-/m1/s1. The van der Waals surface area contributed by atoms with Crippen LogP contribution in [0.25, 0.3) is 0 Å². The molecule has 9 heteroatoms. The molecule has 1 aromatic carbocycles. The summed E-state index contributed by atoms with van der Waals surface area (Å²) in [6.45, 7) is 3.93. The fraction of sp³-hybridized carbons (Fsp3) is 0.292. The van der Waals surface area contributed by atoms with E-state index in [1.54, 1.807) is 31.5 Å². The zero-order valence-electron chi connectivity index (χ0n) is 18.9. The summed E-state index contributed by atoms with van der Waals surface area (Å²) in [6.07, 6.45) is 3.13. The van der Waals surface area contributed by atoms with E-state index in [2.05, 4.69) is 4.98 Å². The lowest BCUT2D eigenvalue weighted by Gasteiger charge is -2.35. The van der Waals surface area contributed by atoms with Gasteiger partial charge in [-0.2, -0.15) is 0 Å². The molecule has 0 N–H and O–H groups in total. The van der Waals surface area contributed by atoms with Gasteiger partial charge < -0.3 is 5.21 Å². The Bertz CT molecular complexity index is 1200. The average Bonchev–Trinajstić information content (AvgIpc) is 3.04. The number of benzene rings is 1. The summed E-state index contributed by atoms with van der Waals surface area (Å²) >= 11 is 0. The molecule has 4 rings (SSSR count). The number of imidazole rings is 1. The Morgan fingerprint density at radius 2 is 1.64 bits per heavy atom. The highest BCUT2D eigenvalue weighted by Gasteiger charge is 2.51. The minimum atomic E-state index is -1.29. The number of aromatic nitrogens is 3. The van der Waals surface area contributed by atoms with E-state index in [4.69, 9.17) is 0 Å². The van der Waals surface area contributed by atoms with E-state index in [-0.39, 0.29) is 5.82 Å². The SMILES string of the molecule is Cc1c(C)[n+]([O-])c([C@H](c2cccnc2)C2C(=O)N(C)C(=O)N(C)C2=O)n1Cc1ccccc1. The van der Waals surface area contributed by atoms with Crippen LogP contribution >= 0.6 is 0 Å². The topological polar surface area (TPSA) is 102 Å². The quantitative estimate of drug-likeness (QED) is 0.338. The van der Waals surface area contributed by atoms with E-state index in [1.807, 2.05) is 41.8 Å². The summed E-state index contributed by atoms with van der Waals surface area (Å²) in [4.78, 5) is 44.9. The van der Waals surface area contributed by atoms with Gasteiger partial charge in [0.15, 0.2) is 0 Å². The lowest BCUT2D eigenvalue weighted by Crippen LogP contribution is -2.59. The van der Waals surface area contributed by atoms with Crippen LogP contribution in [0.5, 0.6) is 0 Å². The molecule has 0 saturated carbocycles. The molecule has 1 aliphatic rings. The fourth-order valence-electron chi connectivity index (χ4n) is 4.33. The summed E-state index contributed by atoms with van der Waals surface area (Å²) < 4.78 is 2.62. The zero-order chi connectivity index (χ0) is 23.9. The smallest absolute Gasteiger partial charge is 0.332 e. The van der Waals surface area contributed by atoms with Crippen LogP contribution in [-0.4, -0.2) is 51.3 Å². The molecule has 33 heavy (non-hydrogen) atoms. The van der Waals surface area contributed by atoms with Crippen molar-refractivity contribution in [3.63, 3.8) is 0 Å².